The van der Waals surface area contributed by atoms with Gasteiger partial charge in [-0.1, -0.05) is 233 Å². The highest BCUT2D eigenvalue weighted by molar-refractivity contribution is 6.18. The van der Waals surface area contributed by atoms with E-state index in [9.17, 15) is 0 Å². The lowest BCUT2D eigenvalue weighted by Crippen LogP contribution is -2.30. The summed E-state index contributed by atoms with van der Waals surface area (Å²) in [6.07, 6.45) is 0.835. The molecule has 0 fully saturated rings. The molecular weight excluding hydrogens is 837 g/mol. The van der Waals surface area contributed by atoms with Gasteiger partial charge in [-0.05, 0) is 110 Å². The van der Waals surface area contributed by atoms with Crippen LogP contribution in [0.15, 0.2) is 206 Å². The highest BCUT2D eigenvalue weighted by atomic mass is 16.1. The fraction of sp³-hybridized carbons (Fsp3) is 0.164. The predicted molar refractivity (Wildman–Crippen MR) is 283 cm³/mol. The molecule has 0 saturated heterocycles. The van der Waals surface area contributed by atoms with Gasteiger partial charge in [-0.2, -0.15) is 0 Å². The van der Waals surface area contributed by atoms with Crippen LogP contribution in [0.1, 0.15) is 138 Å². The van der Waals surface area contributed by atoms with Crippen molar-refractivity contribution in [3.8, 4) is 22.3 Å². The van der Waals surface area contributed by atoms with Crippen LogP contribution in [0.2, 0.25) is 0 Å². The maximum Gasteiger partial charge on any atom is 0.193 e. The van der Waals surface area contributed by atoms with Crippen LogP contribution in [-0.2, 0) is 17.3 Å². The second-order valence-corrected chi connectivity index (χ2v) is 20.4. The van der Waals surface area contributed by atoms with Gasteiger partial charge in [-0.15, -0.1) is 0 Å². The molecule has 9 aromatic carbocycles. The van der Waals surface area contributed by atoms with Gasteiger partial charge in [0.2, 0.25) is 0 Å². The number of ketones is 2. The molecule has 69 heavy (non-hydrogen) atoms. The zero-order valence-electron chi connectivity index (χ0n) is 40.3. The molecule has 0 aliphatic heterocycles. The van der Waals surface area contributed by atoms with Crippen molar-refractivity contribution in [2.45, 2.75) is 70.6 Å². The number of rotatable bonds is 9. The smallest absolute Gasteiger partial charge is 0.193 e. The quantitative estimate of drug-likeness (QED) is 0.135. The Labute approximate surface area is 407 Å². The van der Waals surface area contributed by atoms with E-state index in [2.05, 4.69) is 173 Å². The molecule has 0 radical (unpaired) electrons. The monoisotopic (exact) mass is 892 g/mol. The summed E-state index contributed by atoms with van der Waals surface area (Å²) in [6, 6.07) is 72.4. The lowest BCUT2D eigenvalue weighted by molar-refractivity contribution is 0.102. The number of fused-ring (bicyclic) bond motifs is 4. The van der Waals surface area contributed by atoms with Gasteiger partial charge in [-0.3, -0.25) is 9.59 Å². The van der Waals surface area contributed by atoms with Gasteiger partial charge in [0.15, 0.2) is 11.6 Å². The number of carbonyl (C=O) groups is 2. The minimum Gasteiger partial charge on any atom is -0.289 e. The van der Waals surface area contributed by atoms with Crippen LogP contribution in [-0.4, -0.2) is 11.6 Å². The second kappa shape index (κ2) is 17.1. The van der Waals surface area contributed by atoms with Crippen molar-refractivity contribution < 1.29 is 9.59 Å². The maximum absolute atomic E-state index is 15.0. The van der Waals surface area contributed by atoms with Crippen LogP contribution >= 0.6 is 0 Å². The summed E-state index contributed by atoms with van der Waals surface area (Å²) < 4.78 is 0. The molecule has 0 N–H and O–H groups in total. The summed E-state index contributed by atoms with van der Waals surface area (Å²) in [4.78, 5) is 30.0. The molecular formula is C67H56O2. The van der Waals surface area contributed by atoms with E-state index in [0.717, 1.165) is 39.8 Å². The highest BCUT2D eigenvalue weighted by Crippen LogP contribution is 2.50. The van der Waals surface area contributed by atoms with Crippen LogP contribution in [0.3, 0.4) is 0 Å². The SMILES string of the molecule is Cc1ccc(C(=O)c2cc(-c3ccc(C4c5ccccc5C(C)(C)c5ccccc54)cc3)c(C(=O)c3ccc(C)cc3)cc2-c2ccc(CC3c4ccccc4C(C)(C)c4ccccc43)cc2)cc1. The van der Waals surface area contributed by atoms with E-state index in [1.807, 2.05) is 74.5 Å². The summed E-state index contributed by atoms with van der Waals surface area (Å²) in [6.45, 7) is 13.4. The van der Waals surface area contributed by atoms with Crippen LogP contribution in [0.4, 0.5) is 0 Å². The van der Waals surface area contributed by atoms with Gasteiger partial charge < -0.3 is 0 Å². The van der Waals surface area contributed by atoms with Gasteiger partial charge in [-0.25, -0.2) is 0 Å². The summed E-state index contributed by atoms with van der Waals surface area (Å²) >= 11 is 0. The Morgan fingerprint density at radius 3 is 1.16 bits per heavy atom. The first-order chi connectivity index (χ1) is 33.4. The van der Waals surface area contributed by atoms with Crippen LogP contribution in [0, 0.1) is 13.8 Å². The number of hydrogen-bond donors (Lipinski definition) is 0. The molecule has 0 spiro atoms. The third-order valence-electron chi connectivity index (χ3n) is 15.4. The van der Waals surface area contributed by atoms with Gasteiger partial charge in [0.25, 0.3) is 0 Å². The van der Waals surface area contributed by atoms with Gasteiger partial charge in [0.05, 0.1) is 0 Å². The first kappa shape index (κ1) is 43.9. The average molecular weight is 893 g/mol. The molecule has 0 heterocycles. The van der Waals surface area contributed by atoms with E-state index in [1.165, 1.54) is 55.6 Å². The summed E-state index contributed by atoms with van der Waals surface area (Å²) in [7, 11) is 0. The van der Waals surface area contributed by atoms with Gasteiger partial charge >= 0.3 is 0 Å². The van der Waals surface area contributed by atoms with E-state index >= 15 is 9.59 Å². The zero-order chi connectivity index (χ0) is 47.6. The van der Waals surface area contributed by atoms with Crippen molar-refractivity contribution in [3.05, 3.63) is 295 Å². The van der Waals surface area contributed by atoms with Crippen molar-refractivity contribution in [1.82, 2.24) is 0 Å². The third-order valence-corrected chi connectivity index (χ3v) is 15.4. The lowest BCUT2D eigenvalue weighted by Gasteiger charge is -2.39. The van der Waals surface area contributed by atoms with Crippen molar-refractivity contribution in [2.24, 2.45) is 0 Å². The van der Waals surface area contributed by atoms with E-state index < -0.39 is 0 Å². The predicted octanol–water partition coefficient (Wildman–Crippen LogP) is 15.9. The molecule has 0 bridgehead atoms. The minimum atomic E-state index is -0.136. The molecule has 9 aromatic rings. The summed E-state index contributed by atoms with van der Waals surface area (Å²) in [5, 5.41) is 0. The van der Waals surface area contributed by atoms with Crippen molar-refractivity contribution in [2.75, 3.05) is 0 Å². The summed E-state index contributed by atoms with van der Waals surface area (Å²) in [5.41, 5.74) is 20.6. The van der Waals surface area contributed by atoms with E-state index in [-0.39, 0.29) is 34.2 Å². The van der Waals surface area contributed by atoms with Crippen molar-refractivity contribution in [1.29, 1.82) is 0 Å². The molecule has 0 amide bonds. The fourth-order valence-corrected chi connectivity index (χ4v) is 11.7. The highest BCUT2D eigenvalue weighted by Gasteiger charge is 2.39. The number of hydrogen-bond acceptors (Lipinski definition) is 2. The molecule has 2 heteroatoms. The van der Waals surface area contributed by atoms with Crippen molar-refractivity contribution in [3.63, 3.8) is 0 Å². The standard InChI is InChI=1S/C67H56O2/c1-42-23-29-48(30-24-42)64(68)57-41-55(46-35-37-47(38-36-46)63-52-17-9-13-21-61(52)67(5,6)62-22-14-10-18-53(62)63)58(65(69)49-31-25-43(2)26-32-49)40-54(57)45-33-27-44(28-34-45)39-56-50-15-7-11-19-59(50)66(3,4)60-20-12-8-16-51(56)60/h7-38,40-41,56,63H,39H2,1-6H3. The van der Waals surface area contributed by atoms with Crippen LogP contribution < -0.4 is 0 Å². The Hall–Kier alpha value is -7.68. The number of benzene rings is 9. The molecule has 0 atom stereocenters. The molecule has 11 rings (SSSR count). The molecule has 0 unspecified atom stereocenters. The first-order valence-corrected chi connectivity index (χ1v) is 24.4. The number of carbonyl (C=O) groups excluding carboxylic acids is 2. The Bertz CT molecular complexity index is 3340. The topological polar surface area (TPSA) is 34.1 Å². The van der Waals surface area contributed by atoms with Gasteiger partial charge in [0, 0.05) is 44.9 Å². The molecule has 0 saturated carbocycles. The molecule has 2 nitrogen and oxygen atoms in total. The van der Waals surface area contributed by atoms with E-state index in [1.54, 1.807) is 0 Å². The number of aryl methyl sites for hydroxylation is 2. The average Bonchev–Trinajstić information content (AvgIpc) is 3.38. The molecule has 0 aromatic heterocycles. The molecule has 336 valence electrons. The lowest BCUT2D eigenvalue weighted by atomic mass is 9.64. The fourth-order valence-electron chi connectivity index (χ4n) is 11.7. The first-order valence-electron chi connectivity index (χ1n) is 24.4. The minimum absolute atomic E-state index is 0.0478. The molecule has 2 aliphatic carbocycles. The second-order valence-electron chi connectivity index (χ2n) is 20.4. The van der Waals surface area contributed by atoms with Crippen molar-refractivity contribution >= 4 is 11.6 Å². The van der Waals surface area contributed by atoms with Crippen LogP contribution in [0.25, 0.3) is 22.3 Å². The maximum atomic E-state index is 15.0. The third kappa shape index (κ3) is 7.60. The Morgan fingerprint density at radius 2 is 0.754 bits per heavy atom. The Kier molecular flexibility index (Phi) is 10.9. The van der Waals surface area contributed by atoms with E-state index in [4.69, 9.17) is 0 Å². The molecule has 2 aliphatic rings. The van der Waals surface area contributed by atoms with E-state index in [0.29, 0.717) is 22.3 Å². The normalized spacial score (nSPS) is 14.5. The Balaban J connectivity index is 1.04. The van der Waals surface area contributed by atoms with Crippen LogP contribution in [0.5, 0.6) is 0 Å². The Morgan fingerprint density at radius 1 is 0.406 bits per heavy atom. The summed E-state index contributed by atoms with van der Waals surface area (Å²) in [5.74, 6) is 0.0777. The zero-order valence-corrected chi connectivity index (χ0v) is 40.3. The van der Waals surface area contributed by atoms with Gasteiger partial charge in [0.1, 0.15) is 0 Å². The largest absolute Gasteiger partial charge is 0.289 e.